The Bertz CT molecular complexity index is 511. The maximum absolute atomic E-state index is 5.87. The number of hydrogen-bond acceptors (Lipinski definition) is 2. The van der Waals surface area contributed by atoms with E-state index in [2.05, 4.69) is 13.8 Å². The monoisotopic (exact) mass is 263 g/mol. The molecular formula is C14H14ClNS. The van der Waals surface area contributed by atoms with Crippen LogP contribution in [0.25, 0.3) is 0 Å². The van der Waals surface area contributed by atoms with Gasteiger partial charge in [0.1, 0.15) is 0 Å². The first-order chi connectivity index (χ1) is 8.06. The SMILES string of the molecule is Cc1cc(N)cc(C)c1Sc1ccc(Cl)cc1. The van der Waals surface area contributed by atoms with Gasteiger partial charge in [0, 0.05) is 20.5 Å². The minimum Gasteiger partial charge on any atom is -0.399 e. The average Bonchev–Trinajstić information content (AvgIpc) is 2.26. The number of hydrogen-bond donors (Lipinski definition) is 1. The van der Waals surface area contributed by atoms with Crippen molar-refractivity contribution in [1.29, 1.82) is 0 Å². The van der Waals surface area contributed by atoms with Gasteiger partial charge >= 0.3 is 0 Å². The first kappa shape index (κ1) is 12.3. The lowest BCUT2D eigenvalue weighted by Gasteiger charge is -2.10. The van der Waals surface area contributed by atoms with Crippen molar-refractivity contribution in [1.82, 2.24) is 0 Å². The molecule has 0 fully saturated rings. The van der Waals surface area contributed by atoms with Gasteiger partial charge < -0.3 is 5.73 Å². The molecular weight excluding hydrogens is 250 g/mol. The molecule has 17 heavy (non-hydrogen) atoms. The van der Waals surface area contributed by atoms with E-state index in [1.807, 2.05) is 36.4 Å². The summed E-state index contributed by atoms with van der Waals surface area (Å²) in [5, 5.41) is 0.764. The summed E-state index contributed by atoms with van der Waals surface area (Å²) in [7, 11) is 0. The molecule has 0 unspecified atom stereocenters. The number of halogens is 1. The molecule has 0 aromatic heterocycles. The minimum absolute atomic E-state index is 0.764. The normalized spacial score (nSPS) is 10.5. The van der Waals surface area contributed by atoms with Crippen molar-refractivity contribution < 1.29 is 0 Å². The van der Waals surface area contributed by atoms with Crippen LogP contribution in [-0.4, -0.2) is 0 Å². The molecule has 0 atom stereocenters. The Morgan fingerprint density at radius 2 is 1.53 bits per heavy atom. The Hall–Kier alpha value is -1.12. The Labute approximate surface area is 111 Å². The largest absolute Gasteiger partial charge is 0.399 e. The lowest BCUT2D eigenvalue weighted by Crippen LogP contribution is -1.91. The van der Waals surface area contributed by atoms with E-state index in [0.29, 0.717) is 0 Å². The van der Waals surface area contributed by atoms with Gasteiger partial charge in [-0.25, -0.2) is 0 Å². The zero-order valence-corrected chi connectivity index (χ0v) is 11.4. The van der Waals surface area contributed by atoms with E-state index >= 15 is 0 Å². The summed E-state index contributed by atoms with van der Waals surface area (Å²) in [5.74, 6) is 0. The molecule has 0 amide bonds. The van der Waals surface area contributed by atoms with Gasteiger partial charge in [-0.3, -0.25) is 0 Å². The van der Waals surface area contributed by atoms with Crippen molar-refractivity contribution in [2.75, 3.05) is 5.73 Å². The molecule has 0 heterocycles. The molecule has 2 aromatic carbocycles. The number of anilines is 1. The highest BCUT2D eigenvalue weighted by Crippen LogP contribution is 2.34. The van der Waals surface area contributed by atoms with Crippen molar-refractivity contribution in [3.05, 3.63) is 52.5 Å². The highest BCUT2D eigenvalue weighted by Gasteiger charge is 2.06. The highest BCUT2D eigenvalue weighted by molar-refractivity contribution is 7.99. The molecule has 0 saturated carbocycles. The van der Waals surface area contributed by atoms with E-state index in [1.165, 1.54) is 20.9 Å². The maximum atomic E-state index is 5.87. The number of nitrogen functional groups attached to an aromatic ring is 1. The van der Waals surface area contributed by atoms with Gasteiger partial charge in [-0.2, -0.15) is 0 Å². The quantitative estimate of drug-likeness (QED) is 0.796. The molecule has 0 aliphatic carbocycles. The van der Waals surface area contributed by atoms with Crippen LogP contribution in [0.1, 0.15) is 11.1 Å². The molecule has 1 nitrogen and oxygen atoms in total. The van der Waals surface area contributed by atoms with Crippen LogP contribution in [0.2, 0.25) is 5.02 Å². The lowest BCUT2D eigenvalue weighted by atomic mass is 10.1. The third-order valence-corrected chi connectivity index (χ3v) is 4.12. The van der Waals surface area contributed by atoms with Crippen molar-refractivity contribution in [2.24, 2.45) is 0 Å². The van der Waals surface area contributed by atoms with Gasteiger partial charge in [0.2, 0.25) is 0 Å². The summed E-state index contributed by atoms with van der Waals surface area (Å²) in [6.45, 7) is 4.17. The molecule has 0 bridgehead atoms. The predicted octanol–water partition coefficient (Wildman–Crippen LogP) is 4.69. The summed E-state index contributed by atoms with van der Waals surface area (Å²) < 4.78 is 0. The smallest absolute Gasteiger partial charge is 0.0406 e. The Balaban J connectivity index is 2.33. The van der Waals surface area contributed by atoms with Crippen molar-refractivity contribution in [3.63, 3.8) is 0 Å². The minimum atomic E-state index is 0.764. The highest BCUT2D eigenvalue weighted by atomic mass is 35.5. The van der Waals surface area contributed by atoms with Crippen molar-refractivity contribution in [3.8, 4) is 0 Å². The van der Waals surface area contributed by atoms with Crippen LogP contribution >= 0.6 is 23.4 Å². The van der Waals surface area contributed by atoms with Crippen LogP contribution in [0, 0.1) is 13.8 Å². The van der Waals surface area contributed by atoms with E-state index in [4.69, 9.17) is 17.3 Å². The second-order valence-electron chi connectivity index (χ2n) is 4.04. The van der Waals surface area contributed by atoms with Crippen LogP contribution in [0.5, 0.6) is 0 Å². The van der Waals surface area contributed by atoms with E-state index in [0.717, 1.165) is 10.7 Å². The maximum Gasteiger partial charge on any atom is 0.0406 e. The fourth-order valence-corrected chi connectivity index (χ4v) is 2.84. The molecule has 2 N–H and O–H groups in total. The Morgan fingerprint density at radius 3 is 2.06 bits per heavy atom. The van der Waals surface area contributed by atoms with E-state index in [9.17, 15) is 0 Å². The second-order valence-corrected chi connectivity index (χ2v) is 5.56. The predicted molar refractivity (Wildman–Crippen MR) is 75.9 cm³/mol. The van der Waals surface area contributed by atoms with Crippen molar-refractivity contribution >= 4 is 29.1 Å². The van der Waals surface area contributed by atoms with Gasteiger partial charge in [-0.1, -0.05) is 23.4 Å². The molecule has 3 heteroatoms. The molecule has 0 spiro atoms. The van der Waals surface area contributed by atoms with Crippen LogP contribution in [0.4, 0.5) is 5.69 Å². The number of aryl methyl sites for hydroxylation is 2. The molecule has 2 aromatic rings. The lowest BCUT2D eigenvalue weighted by molar-refractivity contribution is 1.22. The molecule has 0 radical (unpaired) electrons. The number of rotatable bonds is 2. The van der Waals surface area contributed by atoms with Crippen molar-refractivity contribution in [2.45, 2.75) is 23.6 Å². The molecule has 0 aliphatic rings. The summed E-state index contributed by atoms with van der Waals surface area (Å²) in [6.07, 6.45) is 0. The summed E-state index contributed by atoms with van der Waals surface area (Å²) >= 11 is 7.62. The Kier molecular flexibility index (Phi) is 3.65. The van der Waals surface area contributed by atoms with Gasteiger partial charge in [0.05, 0.1) is 0 Å². The van der Waals surface area contributed by atoms with Crippen LogP contribution < -0.4 is 5.73 Å². The average molecular weight is 264 g/mol. The van der Waals surface area contributed by atoms with E-state index < -0.39 is 0 Å². The van der Waals surface area contributed by atoms with Gasteiger partial charge in [0.15, 0.2) is 0 Å². The van der Waals surface area contributed by atoms with Crippen LogP contribution in [0.3, 0.4) is 0 Å². The van der Waals surface area contributed by atoms with Gasteiger partial charge in [0.25, 0.3) is 0 Å². The fourth-order valence-electron chi connectivity index (χ4n) is 1.77. The first-order valence-corrected chi connectivity index (χ1v) is 6.56. The third-order valence-electron chi connectivity index (χ3n) is 2.52. The molecule has 0 aliphatic heterocycles. The number of nitrogens with two attached hydrogens (primary N) is 1. The molecule has 2 rings (SSSR count). The summed E-state index contributed by atoms with van der Waals surface area (Å²) in [6, 6.07) is 11.9. The molecule has 88 valence electrons. The zero-order chi connectivity index (χ0) is 12.4. The summed E-state index contributed by atoms with van der Waals surface area (Å²) in [4.78, 5) is 2.45. The van der Waals surface area contributed by atoms with Crippen LogP contribution in [0.15, 0.2) is 46.2 Å². The zero-order valence-electron chi connectivity index (χ0n) is 9.83. The van der Waals surface area contributed by atoms with E-state index in [1.54, 1.807) is 11.8 Å². The van der Waals surface area contributed by atoms with Crippen LogP contribution in [-0.2, 0) is 0 Å². The second kappa shape index (κ2) is 5.03. The van der Waals surface area contributed by atoms with E-state index in [-0.39, 0.29) is 0 Å². The van der Waals surface area contributed by atoms with Gasteiger partial charge in [-0.15, -0.1) is 0 Å². The standard InChI is InChI=1S/C14H14ClNS/c1-9-7-12(16)8-10(2)14(9)17-13-5-3-11(15)4-6-13/h3-8H,16H2,1-2H3. The molecule has 0 saturated heterocycles. The topological polar surface area (TPSA) is 26.0 Å². The third kappa shape index (κ3) is 2.96. The summed E-state index contributed by atoms with van der Waals surface area (Å²) in [5.41, 5.74) is 9.06. The fraction of sp³-hybridized carbons (Fsp3) is 0.143. The first-order valence-electron chi connectivity index (χ1n) is 5.36. The Morgan fingerprint density at radius 1 is 1.00 bits per heavy atom. The van der Waals surface area contributed by atoms with Gasteiger partial charge in [-0.05, 0) is 61.4 Å². The number of benzene rings is 2.